The average molecular weight is 330 g/mol. The van der Waals surface area contributed by atoms with Gasteiger partial charge in [-0.05, 0) is 31.2 Å². The van der Waals surface area contributed by atoms with Crippen molar-refractivity contribution in [3.63, 3.8) is 0 Å². The highest BCUT2D eigenvalue weighted by molar-refractivity contribution is 6.30. The molecule has 1 aromatic heterocycles. The van der Waals surface area contributed by atoms with E-state index in [9.17, 15) is 13.6 Å². The normalized spacial score (nSPS) is 12.2. The van der Waals surface area contributed by atoms with Gasteiger partial charge in [0.2, 0.25) is 5.91 Å². The van der Waals surface area contributed by atoms with Crippen molar-refractivity contribution in [2.45, 2.75) is 26.1 Å². The molecule has 118 valence electrons. The van der Waals surface area contributed by atoms with Gasteiger partial charge in [-0.2, -0.15) is 13.9 Å². The lowest BCUT2D eigenvalue weighted by Crippen LogP contribution is -2.31. The Morgan fingerprint density at radius 1 is 1.50 bits per heavy atom. The van der Waals surface area contributed by atoms with Gasteiger partial charge in [0.15, 0.2) is 0 Å². The standard InChI is InChI=1S/C14H14ClF2N3O2/c1-9(20-6-2-5-19-20)13(21)18-8-10-7-11(15)3-4-12(10)22-14(16)17/h2-7,9,14H,8H2,1H3,(H,18,21)/t9-/m1/s1. The summed E-state index contributed by atoms with van der Waals surface area (Å²) in [5.41, 5.74) is 0.369. The molecule has 0 bridgehead atoms. The fourth-order valence-electron chi connectivity index (χ4n) is 1.86. The molecule has 0 unspecified atom stereocenters. The number of alkyl halides is 2. The van der Waals surface area contributed by atoms with Gasteiger partial charge in [0.1, 0.15) is 11.8 Å². The second-order valence-electron chi connectivity index (χ2n) is 4.51. The largest absolute Gasteiger partial charge is 0.434 e. The Kier molecular flexibility index (Phi) is 5.32. The molecule has 2 rings (SSSR count). The minimum absolute atomic E-state index is 0.0209. The number of rotatable bonds is 6. The van der Waals surface area contributed by atoms with E-state index in [1.165, 1.54) is 22.9 Å². The Morgan fingerprint density at radius 3 is 2.91 bits per heavy atom. The maximum Gasteiger partial charge on any atom is 0.387 e. The zero-order valence-electron chi connectivity index (χ0n) is 11.7. The van der Waals surface area contributed by atoms with Crippen LogP contribution in [0.15, 0.2) is 36.7 Å². The Hall–Kier alpha value is -2.15. The van der Waals surface area contributed by atoms with Crippen molar-refractivity contribution >= 4 is 17.5 Å². The number of carbonyl (C=O) groups excluding carboxylic acids is 1. The van der Waals surface area contributed by atoms with Gasteiger partial charge in [0.25, 0.3) is 0 Å². The highest BCUT2D eigenvalue weighted by Crippen LogP contribution is 2.24. The van der Waals surface area contributed by atoms with Crippen LogP contribution in [-0.4, -0.2) is 22.3 Å². The van der Waals surface area contributed by atoms with Gasteiger partial charge in [-0.3, -0.25) is 9.48 Å². The molecule has 1 heterocycles. The number of hydrogen-bond acceptors (Lipinski definition) is 3. The van der Waals surface area contributed by atoms with Crippen molar-refractivity contribution in [3.05, 3.63) is 47.2 Å². The first-order chi connectivity index (χ1) is 10.5. The minimum atomic E-state index is -2.95. The van der Waals surface area contributed by atoms with Crippen LogP contribution in [0.3, 0.4) is 0 Å². The van der Waals surface area contributed by atoms with E-state index in [0.29, 0.717) is 10.6 Å². The minimum Gasteiger partial charge on any atom is -0.434 e. The van der Waals surface area contributed by atoms with Crippen molar-refractivity contribution in [2.24, 2.45) is 0 Å². The van der Waals surface area contributed by atoms with Crippen molar-refractivity contribution in [2.75, 3.05) is 0 Å². The molecule has 0 spiro atoms. The Morgan fingerprint density at radius 2 is 2.27 bits per heavy atom. The van der Waals surface area contributed by atoms with E-state index < -0.39 is 12.7 Å². The lowest BCUT2D eigenvalue weighted by molar-refractivity contribution is -0.124. The summed E-state index contributed by atoms with van der Waals surface area (Å²) < 4.78 is 30.6. The first kappa shape index (κ1) is 16.2. The number of aromatic nitrogens is 2. The zero-order chi connectivity index (χ0) is 16.1. The molecule has 1 atom stereocenters. The highest BCUT2D eigenvalue weighted by atomic mass is 35.5. The molecular weight excluding hydrogens is 316 g/mol. The second kappa shape index (κ2) is 7.22. The molecule has 0 saturated carbocycles. The monoisotopic (exact) mass is 329 g/mol. The number of halogens is 3. The third kappa shape index (κ3) is 4.17. The third-order valence-corrected chi connectivity index (χ3v) is 3.23. The average Bonchev–Trinajstić information content (AvgIpc) is 3.00. The summed E-state index contributed by atoms with van der Waals surface area (Å²) in [7, 11) is 0. The van der Waals surface area contributed by atoms with Gasteiger partial charge < -0.3 is 10.1 Å². The molecule has 1 N–H and O–H groups in total. The Labute approximate surface area is 130 Å². The summed E-state index contributed by atoms with van der Waals surface area (Å²) in [6.45, 7) is -1.25. The molecule has 0 aliphatic carbocycles. The molecule has 0 aliphatic heterocycles. The van der Waals surface area contributed by atoms with E-state index in [-0.39, 0.29) is 18.2 Å². The first-order valence-electron chi connectivity index (χ1n) is 6.47. The second-order valence-corrected chi connectivity index (χ2v) is 4.95. The number of benzene rings is 1. The van der Waals surface area contributed by atoms with Gasteiger partial charge >= 0.3 is 6.61 Å². The van der Waals surface area contributed by atoms with Crippen LogP contribution in [0.1, 0.15) is 18.5 Å². The van der Waals surface area contributed by atoms with Crippen LogP contribution in [0.25, 0.3) is 0 Å². The lowest BCUT2D eigenvalue weighted by atomic mass is 10.2. The SMILES string of the molecule is C[C@H](C(=O)NCc1cc(Cl)ccc1OC(F)F)n1cccn1. The quantitative estimate of drug-likeness (QED) is 0.886. The first-order valence-corrected chi connectivity index (χ1v) is 6.85. The van der Waals surface area contributed by atoms with Crippen LogP contribution in [0, 0.1) is 0 Å². The molecule has 22 heavy (non-hydrogen) atoms. The highest BCUT2D eigenvalue weighted by Gasteiger charge is 2.16. The van der Waals surface area contributed by atoms with Crippen molar-refractivity contribution in [1.82, 2.24) is 15.1 Å². The van der Waals surface area contributed by atoms with Crippen LogP contribution in [0.2, 0.25) is 5.02 Å². The Balaban J connectivity index is 2.04. The Bertz CT molecular complexity index is 635. The van der Waals surface area contributed by atoms with Crippen molar-refractivity contribution in [1.29, 1.82) is 0 Å². The summed E-state index contributed by atoms with van der Waals surface area (Å²) in [4.78, 5) is 12.0. The van der Waals surface area contributed by atoms with Gasteiger partial charge in [-0.15, -0.1) is 0 Å². The molecule has 5 nitrogen and oxygen atoms in total. The number of amides is 1. The molecule has 8 heteroatoms. The molecule has 1 amide bonds. The van der Waals surface area contributed by atoms with E-state index in [1.807, 2.05) is 0 Å². The summed E-state index contributed by atoms with van der Waals surface area (Å²) in [5, 5.41) is 6.99. The van der Waals surface area contributed by atoms with Gasteiger partial charge in [-0.25, -0.2) is 0 Å². The van der Waals surface area contributed by atoms with E-state index in [2.05, 4.69) is 15.2 Å². The van der Waals surface area contributed by atoms with E-state index in [0.717, 1.165) is 0 Å². The molecular formula is C14H14ClF2N3O2. The van der Waals surface area contributed by atoms with Crippen LogP contribution in [-0.2, 0) is 11.3 Å². The van der Waals surface area contributed by atoms with E-state index in [4.69, 9.17) is 11.6 Å². The summed E-state index contributed by atoms with van der Waals surface area (Å²) in [5.74, 6) is -0.321. The van der Waals surface area contributed by atoms with Crippen LogP contribution in [0.5, 0.6) is 5.75 Å². The predicted molar refractivity (Wildman–Crippen MR) is 76.9 cm³/mol. The number of nitrogens with one attached hydrogen (secondary N) is 1. The number of hydrogen-bond donors (Lipinski definition) is 1. The third-order valence-electron chi connectivity index (χ3n) is 2.99. The summed E-state index contributed by atoms with van der Waals surface area (Å²) in [6, 6.07) is 5.44. The van der Waals surface area contributed by atoms with E-state index >= 15 is 0 Å². The maximum absolute atomic E-state index is 12.4. The van der Waals surface area contributed by atoms with Crippen LogP contribution in [0.4, 0.5) is 8.78 Å². The molecule has 0 fully saturated rings. The van der Waals surface area contributed by atoms with Crippen molar-refractivity contribution < 1.29 is 18.3 Å². The van der Waals surface area contributed by atoms with Crippen LogP contribution < -0.4 is 10.1 Å². The van der Waals surface area contributed by atoms with Gasteiger partial charge in [0, 0.05) is 29.5 Å². The fourth-order valence-corrected chi connectivity index (χ4v) is 2.05. The van der Waals surface area contributed by atoms with Crippen molar-refractivity contribution in [3.8, 4) is 5.75 Å². The topological polar surface area (TPSA) is 56.1 Å². The molecule has 0 aliphatic rings. The van der Waals surface area contributed by atoms with Crippen LogP contribution >= 0.6 is 11.6 Å². The fraction of sp³-hybridized carbons (Fsp3) is 0.286. The molecule has 1 aromatic carbocycles. The smallest absolute Gasteiger partial charge is 0.387 e. The van der Waals surface area contributed by atoms with E-state index in [1.54, 1.807) is 25.4 Å². The molecule has 0 saturated heterocycles. The molecule has 2 aromatic rings. The summed E-state index contributed by atoms with van der Waals surface area (Å²) in [6.07, 6.45) is 3.23. The summed E-state index contributed by atoms with van der Waals surface area (Å²) >= 11 is 5.84. The predicted octanol–water partition coefficient (Wildman–Crippen LogP) is 3.02. The number of ether oxygens (including phenoxy) is 1. The number of carbonyl (C=O) groups is 1. The number of nitrogens with zero attached hydrogens (tertiary/aromatic N) is 2. The van der Waals surface area contributed by atoms with Gasteiger partial charge in [0.05, 0.1) is 0 Å². The molecule has 0 radical (unpaired) electrons. The maximum atomic E-state index is 12.4. The zero-order valence-corrected chi connectivity index (χ0v) is 12.4. The van der Waals surface area contributed by atoms with Gasteiger partial charge in [-0.1, -0.05) is 11.6 Å². The lowest BCUT2D eigenvalue weighted by Gasteiger charge is -2.15.